The van der Waals surface area contributed by atoms with Crippen molar-refractivity contribution >= 4 is 15.9 Å². The first-order chi connectivity index (χ1) is 13.5. The van der Waals surface area contributed by atoms with E-state index in [9.17, 15) is 13.2 Å². The number of hydrogen-bond acceptors (Lipinski definition) is 5. The number of ether oxygens (including phenoxy) is 1. The third kappa shape index (κ3) is 5.53. The van der Waals surface area contributed by atoms with Gasteiger partial charge in [0.25, 0.3) is 0 Å². The largest absolute Gasteiger partial charge is 0.379 e. The minimum Gasteiger partial charge on any atom is -0.379 e. The van der Waals surface area contributed by atoms with Gasteiger partial charge in [-0.2, -0.15) is 0 Å². The van der Waals surface area contributed by atoms with Crippen LogP contribution in [0.2, 0.25) is 0 Å². The molecular formula is C20H31N3O4S. The van der Waals surface area contributed by atoms with Gasteiger partial charge in [-0.25, -0.2) is 12.7 Å². The van der Waals surface area contributed by atoms with Gasteiger partial charge in [-0.1, -0.05) is 24.3 Å². The highest BCUT2D eigenvalue weighted by molar-refractivity contribution is 7.89. The van der Waals surface area contributed by atoms with Gasteiger partial charge in [0.2, 0.25) is 15.9 Å². The summed E-state index contributed by atoms with van der Waals surface area (Å²) in [4.78, 5) is 15.0. The Kier molecular flexibility index (Phi) is 7.45. The Balaban J connectivity index is 1.57. The molecule has 0 spiro atoms. The summed E-state index contributed by atoms with van der Waals surface area (Å²) in [5.41, 5.74) is 2.32. The van der Waals surface area contributed by atoms with Crippen LogP contribution < -0.4 is 5.32 Å². The maximum atomic E-state index is 12.7. The number of nitrogens with one attached hydrogen (secondary N) is 1. The van der Waals surface area contributed by atoms with Crippen molar-refractivity contribution in [2.45, 2.75) is 32.9 Å². The molecule has 1 aromatic rings. The first kappa shape index (κ1) is 21.2. The number of amides is 1. The highest BCUT2D eigenvalue weighted by atomic mass is 32.2. The summed E-state index contributed by atoms with van der Waals surface area (Å²) in [6.45, 7) is 7.13. The highest BCUT2D eigenvalue weighted by Gasteiger charge is 2.31. The van der Waals surface area contributed by atoms with Crippen molar-refractivity contribution in [1.29, 1.82) is 0 Å². The SMILES string of the molecule is CCS(=O)(=O)N1CCC[C@@H](C(=O)NCc2ccccc2CN2CCOCC2)C1. The molecule has 0 bridgehead atoms. The number of carbonyl (C=O) groups excluding carboxylic acids is 1. The highest BCUT2D eigenvalue weighted by Crippen LogP contribution is 2.20. The van der Waals surface area contributed by atoms with E-state index in [2.05, 4.69) is 16.3 Å². The Labute approximate surface area is 168 Å². The van der Waals surface area contributed by atoms with E-state index in [4.69, 9.17) is 4.74 Å². The summed E-state index contributed by atoms with van der Waals surface area (Å²) in [5.74, 6) is -0.255. The number of carbonyl (C=O) groups is 1. The lowest BCUT2D eigenvalue weighted by Crippen LogP contribution is -2.45. The van der Waals surface area contributed by atoms with Gasteiger partial charge in [0, 0.05) is 39.3 Å². The number of benzene rings is 1. The standard InChI is InChI=1S/C20H31N3O4S/c1-2-28(25,26)23-9-5-8-19(16-23)20(24)21-14-17-6-3-4-7-18(17)15-22-10-12-27-13-11-22/h3-4,6-7,19H,2,5,8-16H2,1H3,(H,21,24)/t19-/m1/s1. The molecule has 8 heteroatoms. The van der Waals surface area contributed by atoms with Crippen molar-refractivity contribution in [3.63, 3.8) is 0 Å². The van der Waals surface area contributed by atoms with Gasteiger partial charge in [-0.05, 0) is 30.9 Å². The predicted octanol–water partition coefficient (Wildman–Crippen LogP) is 1.20. The first-order valence-corrected chi connectivity index (χ1v) is 11.7. The third-order valence-electron chi connectivity index (χ3n) is 5.58. The van der Waals surface area contributed by atoms with E-state index < -0.39 is 10.0 Å². The van der Waals surface area contributed by atoms with Crippen molar-refractivity contribution in [2.24, 2.45) is 5.92 Å². The van der Waals surface area contributed by atoms with Gasteiger partial charge < -0.3 is 10.1 Å². The molecule has 1 amide bonds. The summed E-state index contributed by atoms with van der Waals surface area (Å²) in [6, 6.07) is 8.16. The molecule has 2 heterocycles. The maximum Gasteiger partial charge on any atom is 0.224 e. The van der Waals surface area contributed by atoms with Gasteiger partial charge in [0.1, 0.15) is 0 Å². The lowest BCUT2D eigenvalue weighted by atomic mass is 9.98. The van der Waals surface area contributed by atoms with Crippen LogP contribution in [0.4, 0.5) is 0 Å². The van der Waals surface area contributed by atoms with Gasteiger partial charge in [-0.3, -0.25) is 9.69 Å². The van der Waals surface area contributed by atoms with E-state index in [1.54, 1.807) is 6.92 Å². The van der Waals surface area contributed by atoms with E-state index in [0.29, 0.717) is 13.1 Å². The zero-order valence-corrected chi connectivity index (χ0v) is 17.4. The molecule has 2 aliphatic rings. The van der Waals surface area contributed by atoms with Crippen LogP contribution in [0.3, 0.4) is 0 Å². The van der Waals surface area contributed by atoms with Gasteiger partial charge >= 0.3 is 0 Å². The molecule has 2 saturated heterocycles. The zero-order chi connectivity index (χ0) is 20.0. The van der Waals surface area contributed by atoms with Crippen LogP contribution in [0.15, 0.2) is 24.3 Å². The fourth-order valence-electron chi connectivity index (χ4n) is 3.80. The van der Waals surface area contributed by atoms with Crippen LogP contribution in [-0.2, 0) is 32.6 Å². The van der Waals surface area contributed by atoms with Gasteiger partial charge in [-0.15, -0.1) is 0 Å². The second-order valence-electron chi connectivity index (χ2n) is 7.47. The Morgan fingerprint density at radius 1 is 1.18 bits per heavy atom. The summed E-state index contributed by atoms with van der Waals surface area (Å²) < 4.78 is 31.1. The van der Waals surface area contributed by atoms with Crippen molar-refractivity contribution in [3.05, 3.63) is 35.4 Å². The predicted molar refractivity (Wildman–Crippen MR) is 108 cm³/mol. The summed E-state index contributed by atoms with van der Waals surface area (Å²) in [7, 11) is -3.24. The number of hydrogen-bond donors (Lipinski definition) is 1. The third-order valence-corrected chi connectivity index (χ3v) is 7.43. The molecule has 1 atom stereocenters. The van der Waals surface area contributed by atoms with Crippen LogP contribution in [0.25, 0.3) is 0 Å². The Hall–Kier alpha value is -1.48. The van der Waals surface area contributed by atoms with Crippen LogP contribution in [-0.4, -0.2) is 68.7 Å². The van der Waals surface area contributed by atoms with Crippen LogP contribution in [0, 0.1) is 5.92 Å². The second kappa shape index (κ2) is 9.82. The lowest BCUT2D eigenvalue weighted by molar-refractivity contribution is -0.126. The molecule has 156 valence electrons. The van der Waals surface area contributed by atoms with Crippen molar-refractivity contribution in [3.8, 4) is 0 Å². The number of sulfonamides is 1. The smallest absolute Gasteiger partial charge is 0.224 e. The average Bonchev–Trinajstić information content (AvgIpc) is 2.73. The van der Waals surface area contributed by atoms with Gasteiger partial charge in [0.15, 0.2) is 0 Å². The summed E-state index contributed by atoms with van der Waals surface area (Å²) in [6.07, 6.45) is 1.46. The average molecular weight is 410 g/mol. The molecule has 1 aromatic carbocycles. The van der Waals surface area contributed by atoms with E-state index in [1.807, 2.05) is 18.2 Å². The van der Waals surface area contributed by atoms with E-state index >= 15 is 0 Å². The Morgan fingerprint density at radius 3 is 2.61 bits per heavy atom. The maximum absolute atomic E-state index is 12.7. The summed E-state index contributed by atoms with van der Waals surface area (Å²) >= 11 is 0. The van der Waals surface area contributed by atoms with Crippen LogP contribution in [0.5, 0.6) is 0 Å². The minimum atomic E-state index is -3.24. The van der Waals surface area contributed by atoms with Crippen molar-refractivity contribution in [1.82, 2.24) is 14.5 Å². The molecule has 2 fully saturated rings. The number of rotatable bonds is 7. The molecule has 0 saturated carbocycles. The number of morpholine rings is 1. The van der Waals surface area contributed by atoms with Crippen molar-refractivity contribution in [2.75, 3.05) is 45.1 Å². The molecule has 1 N–H and O–H groups in total. The molecule has 3 rings (SSSR count). The fraction of sp³-hybridized carbons (Fsp3) is 0.650. The quantitative estimate of drug-likeness (QED) is 0.732. The van der Waals surface area contributed by atoms with Crippen LogP contribution in [0.1, 0.15) is 30.9 Å². The van der Waals surface area contributed by atoms with E-state index in [0.717, 1.165) is 51.3 Å². The van der Waals surface area contributed by atoms with E-state index in [1.165, 1.54) is 9.87 Å². The topological polar surface area (TPSA) is 79.0 Å². The zero-order valence-electron chi connectivity index (χ0n) is 16.6. The molecule has 7 nitrogen and oxygen atoms in total. The molecule has 0 aromatic heterocycles. The van der Waals surface area contributed by atoms with Crippen LogP contribution >= 0.6 is 0 Å². The number of nitrogens with zero attached hydrogens (tertiary/aromatic N) is 2. The molecular weight excluding hydrogens is 378 g/mol. The molecule has 28 heavy (non-hydrogen) atoms. The fourth-order valence-corrected chi connectivity index (χ4v) is 4.98. The lowest BCUT2D eigenvalue weighted by Gasteiger charge is -2.31. The monoisotopic (exact) mass is 409 g/mol. The Morgan fingerprint density at radius 2 is 1.89 bits per heavy atom. The van der Waals surface area contributed by atoms with Gasteiger partial charge in [0.05, 0.1) is 24.9 Å². The molecule has 0 unspecified atom stereocenters. The first-order valence-electron chi connectivity index (χ1n) is 10.1. The Bertz CT molecular complexity index is 762. The van der Waals surface area contributed by atoms with E-state index in [-0.39, 0.29) is 24.1 Å². The number of piperidine rings is 1. The molecule has 2 aliphatic heterocycles. The second-order valence-corrected chi connectivity index (χ2v) is 9.73. The molecule has 0 aliphatic carbocycles. The summed E-state index contributed by atoms with van der Waals surface area (Å²) in [5, 5.41) is 3.03. The normalized spacial score (nSPS) is 22.1. The molecule has 0 radical (unpaired) electrons. The minimum absolute atomic E-state index is 0.0582. The van der Waals surface area contributed by atoms with Crippen molar-refractivity contribution < 1.29 is 17.9 Å².